The monoisotopic (exact) mass is 267 g/mol. The number of nitrogens with one attached hydrogen (secondary N) is 1. The lowest BCUT2D eigenvalue weighted by Crippen LogP contribution is -2.30. The molecule has 2 nitrogen and oxygen atoms in total. The molecule has 0 fully saturated rings. The summed E-state index contributed by atoms with van der Waals surface area (Å²) in [6.45, 7) is 11.4. The highest BCUT2D eigenvalue weighted by atomic mass is 32.2. The quantitative estimate of drug-likeness (QED) is 0.857. The van der Waals surface area contributed by atoms with Gasteiger partial charge in [-0.15, -0.1) is 0 Å². The predicted octanol–water partition coefficient (Wildman–Crippen LogP) is 3.19. The van der Waals surface area contributed by atoms with E-state index in [2.05, 4.69) is 44.3 Å². The van der Waals surface area contributed by atoms with Gasteiger partial charge in [0, 0.05) is 16.2 Å². The van der Waals surface area contributed by atoms with Gasteiger partial charge in [0.2, 0.25) is 0 Å². The first-order valence-electron chi connectivity index (χ1n) is 6.67. The van der Waals surface area contributed by atoms with Gasteiger partial charge in [0.15, 0.2) is 0 Å². The zero-order valence-electron chi connectivity index (χ0n) is 12.1. The normalized spacial score (nSPS) is 16.3. The largest absolute Gasteiger partial charge is 0.314 e. The second kappa shape index (κ2) is 7.05. The smallest absolute Gasteiger partial charge is 0.0561 e. The van der Waals surface area contributed by atoms with Crippen molar-refractivity contribution < 1.29 is 4.21 Å². The highest BCUT2D eigenvalue weighted by Gasteiger charge is 2.17. The first kappa shape index (κ1) is 15.4. The molecule has 1 N–H and O–H groups in total. The van der Waals surface area contributed by atoms with Gasteiger partial charge >= 0.3 is 0 Å². The van der Waals surface area contributed by atoms with E-state index in [1.165, 1.54) is 5.56 Å². The van der Waals surface area contributed by atoms with Crippen molar-refractivity contribution in [2.24, 2.45) is 0 Å². The van der Waals surface area contributed by atoms with Gasteiger partial charge in [-0.2, -0.15) is 0 Å². The molecule has 0 radical (unpaired) electrons. The van der Waals surface area contributed by atoms with E-state index in [-0.39, 0.29) is 5.25 Å². The van der Waals surface area contributed by atoms with Crippen LogP contribution in [0.1, 0.15) is 38.3 Å². The van der Waals surface area contributed by atoms with Gasteiger partial charge in [0.25, 0.3) is 0 Å². The number of aryl methyl sites for hydroxylation is 2. The number of benzene rings is 1. The van der Waals surface area contributed by atoms with Crippen molar-refractivity contribution in [1.29, 1.82) is 0 Å². The first-order valence-corrected chi connectivity index (χ1v) is 7.88. The summed E-state index contributed by atoms with van der Waals surface area (Å²) in [4.78, 5) is 0.992. The summed E-state index contributed by atoms with van der Waals surface area (Å²) >= 11 is 0. The minimum Gasteiger partial charge on any atom is -0.314 e. The fourth-order valence-corrected chi connectivity index (χ4v) is 3.74. The van der Waals surface area contributed by atoms with Crippen LogP contribution in [-0.2, 0) is 10.8 Å². The molecule has 0 aliphatic heterocycles. The third-order valence-electron chi connectivity index (χ3n) is 3.16. The summed E-state index contributed by atoms with van der Waals surface area (Å²) in [7, 11) is -0.914. The van der Waals surface area contributed by atoms with Crippen LogP contribution in [0.15, 0.2) is 23.1 Å². The molecule has 3 unspecified atom stereocenters. The molecule has 1 rings (SSSR count). The van der Waals surface area contributed by atoms with E-state index in [0.717, 1.165) is 23.4 Å². The third kappa shape index (κ3) is 4.21. The van der Waals surface area contributed by atoms with Crippen LogP contribution in [0.3, 0.4) is 0 Å². The van der Waals surface area contributed by atoms with Gasteiger partial charge in [-0.3, -0.25) is 4.21 Å². The summed E-state index contributed by atoms with van der Waals surface area (Å²) in [5.41, 5.74) is 2.30. The van der Waals surface area contributed by atoms with Crippen LogP contribution in [0.5, 0.6) is 0 Å². The van der Waals surface area contributed by atoms with E-state index >= 15 is 0 Å². The van der Waals surface area contributed by atoms with Crippen molar-refractivity contribution in [2.75, 3.05) is 6.54 Å². The van der Waals surface area contributed by atoms with Crippen LogP contribution in [0, 0.1) is 13.8 Å². The maximum Gasteiger partial charge on any atom is 0.0561 e. The van der Waals surface area contributed by atoms with Crippen LogP contribution >= 0.6 is 0 Å². The molecular weight excluding hydrogens is 242 g/mol. The van der Waals surface area contributed by atoms with Gasteiger partial charge in [-0.05, 0) is 50.9 Å². The number of rotatable bonds is 6. The fourth-order valence-electron chi connectivity index (χ4n) is 2.16. The van der Waals surface area contributed by atoms with E-state index in [1.807, 2.05) is 13.8 Å². The Morgan fingerprint density at radius 3 is 2.56 bits per heavy atom. The van der Waals surface area contributed by atoms with Crippen molar-refractivity contribution in [3.63, 3.8) is 0 Å². The maximum absolute atomic E-state index is 12.5. The summed E-state index contributed by atoms with van der Waals surface area (Å²) < 4.78 is 12.5. The molecule has 18 heavy (non-hydrogen) atoms. The molecule has 0 saturated carbocycles. The first-order chi connectivity index (χ1) is 8.45. The zero-order chi connectivity index (χ0) is 13.7. The lowest BCUT2D eigenvalue weighted by Gasteiger charge is -2.18. The lowest BCUT2D eigenvalue weighted by molar-refractivity contribution is 0.524. The lowest BCUT2D eigenvalue weighted by atomic mass is 10.2. The molecule has 0 saturated heterocycles. The third-order valence-corrected chi connectivity index (χ3v) is 4.96. The Kier molecular flexibility index (Phi) is 6.03. The van der Waals surface area contributed by atoms with Gasteiger partial charge < -0.3 is 5.32 Å². The average molecular weight is 267 g/mol. The van der Waals surface area contributed by atoms with E-state index in [4.69, 9.17) is 0 Å². The second-order valence-corrected chi connectivity index (χ2v) is 6.91. The van der Waals surface area contributed by atoms with Gasteiger partial charge in [0.1, 0.15) is 0 Å². The van der Waals surface area contributed by atoms with Crippen LogP contribution in [0.4, 0.5) is 0 Å². The molecule has 1 aromatic rings. The van der Waals surface area contributed by atoms with Crippen molar-refractivity contribution in [1.82, 2.24) is 5.32 Å². The highest BCUT2D eigenvalue weighted by molar-refractivity contribution is 7.85. The van der Waals surface area contributed by atoms with Crippen LogP contribution in [-0.4, -0.2) is 22.0 Å². The molecule has 0 aliphatic rings. The SMILES string of the molecule is CCNC(C)CC(C)S(=O)c1cc(C)ccc1C. The van der Waals surface area contributed by atoms with Crippen LogP contribution < -0.4 is 5.32 Å². The van der Waals surface area contributed by atoms with Crippen molar-refractivity contribution in [3.8, 4) is 0 Å². The van der Waals surface area contributed by atoms with E-state index in [9.17, 15) is 4.21 Å². The molecular formula is C15H25NOS. The average Bonchev–Trinajstić information content (AvgIpc) is 2.31. The Morgan fingerprint density at radius 1 is 1.28 bits per heavy atom. The maximum atomic E-state index is 12.5. The summed E-state index contributed by atoms with van der Waals surface area (Å²) in [6, 6.07) is 6.60. The van der Waals surface area contributed by atoms with Gasteiger partial charge in [-0.25, -0.2) is 0 Å². The Labute approximate surface area is 114 Å². The highest BCUT2D eigenvalue weighted by Crippen LogP contribution is 2.20. The van der Waals surface area contributed by atoms with Crippen molar-refractivity contribution >= 4 is 10.8 Å². The van der Waals surface area contributed by atoms with Crippen LogP contribution in [0.25, 0.3) is 0 Å². The minimum atomic E-state index is -0.914. The minimum absolute atomic E-state index is 0.180. The van der Waals surface area contributed by atoms with Crippen LogP contribution in [0.2, 0.25) is 0 Å². The molecule has 0 aliphatic carbocycles. The van der Waals surface area contributed by atoms with E-state index in [1.54, 1.807) is 0 Å². The molecule has 0 amide bonds. The number of hydrogen-bond acceptors (Lipinski definition) is 2. The predicted molar refractivity (Wildman–Crippen MR) is 79.5 cm³/mol. The second-order valence-electron chi connectivity index (χ2n) is 5.07. The Morgan fingerprint density at radius 2 is 1.94 bits per heavy atom. The van der Waals surface area contributed by atoms with Crippen molar-refractivity contribution in [3.05, 3.63) is 29.3 Å². The number of hydrogen-bond donors (Lipinski definition) is 1. The molecule has 0 heterocycles. The summed E-state index contributed by atoms with van der Waals surface area (Å²) in [5.74, 6) is 0. The molecule has 3 atom stereocenters. The standard InChI is InChI=1S/C15H25NOS/c1-6-16-13(4)10-14(5)18(17)15-9-11(2)7-8-12(15)3/h7-9,13-14,16H,6,10H2,1-5H3. The molecule has 0 aromatic heterocycles. The Bertz CT molecular complexity index is 417. The van der Waals surface area contributed by atoms with Gasteiger partial charge in [-0.1, -0.05) is 26.0 Å². The molecule has 1 aromatic carbocycles. The summed E-state index contributed by atoms with van der Waals surface area (Å²) in [6.07, 6.45) is 0.938. The van der Waals surface area contributed by atoms with Gasteiger partial charge in [0.05, 0.1) is 10.8 Å². The molecule has 3 heteroatoms. The topological polar surface area (TPSA) is 29.1 Å². The van der Waals surface area contributed by atoms with E-state index < -0.39 is 10.8 Å². The summed E-state index contributed by atoms with van der Waals surface area (Å²) in [5, 5.41) is 3.55. The fraction of sp³-hybridized carbons (Fsp3) is 0.600. The zero-order valence-corrected chi connectivity index (χ0v) is 12.9. The molecule has 102 valence electrons. The van der Waals surface area contributed by atoms with Crippen molar-refractivity contribution in [2.45, 2.75) is 57.2 Å². The Hall–Kier alpha value is -0.670. The Balaban J connectivity index is 2.77. The molecule has 0 spiro atoms. The molecule has 0 bridgehead atoms. The van der Waals surface area contributed by atoms with E-state index in [0.29, 0.717) is 6.04 Å².